The van der Waals surface area contributed by atoms with Crippen molar-refractivity contribution in [2.75, 3.05) is 27.2 Å². The highest BCUT2D eigenvalue weighted by Gasteiger charge is 2.21. The second-order valence-corrected chi connectivity index (χ2v) is 12.4. The number of quaternary nitrogens is 1. The molecule has 1 aliphatic heterocycles. The van der Waals surface area contributed by atoms with Gasteiger partial charge in [0.05, 0.1) is 27.2 Å². The minimum absolute atomic E-state index is 0.817. The summed E-state index contributed by atoms with van der Waals surface area (Å²) in [5.41, 5.74) is 3.98. The normalized spacial score (nSPS) is 14.2. The zero-order valence-corrected chi connectivity index (χ0v) is 24.0. The summed E-state index contributed by atoms with van der Waals surface area (Å²) in [5.74, 6) is 0. The van der Waals surface area contributed by atoms with Crippen molar-refractivity contribution in [3.63, 3.8) is 0 Å². The highest BCUT2D eigenvalue weighted by atomic mass is 35.5. The van der Waals surface area contributed by atoms with Crippen LogP contribution in [-0.4, -0.2) is 31.7 Å². The smallest absolute Gasteiger partial charge is 0.0817 e. The van der Waals surface area contributed by atoms with Gasteiger partial charge >= 0.3 is 0 Å². The molecule has 0 spiro atoms. The van der Waals surface area contributed by atoms with Crippen molar-refractivity contribution in [1.82, 2.24) is 0 Å². The number of hydrogen-bond acceptors (Lipinski definition) is 1. The van der Waals surface area contributed by atoms with Crippen molar-refractivity contribution in [3.05, 3.63) is 64.7 Å². The predicted molar refractivity (Wildman–Crippen MR) is 157 cm³/mol. The molecule has 0 N–H and O–H groups in total. The summed E-state index contributed by atoms with van der Waals surface area (Å²) in [4.78, 5) is 2.66. The maximum atomic E-state index is 6.38. The summed E-state index contributed by atoms with van der Waals surface area (Å²) in [6, 6.07) is 15.1. The first kappa shape index (κ1) is 28.4. The van der Waals surface area contributed by atoms with Crippen molar-refractivity contribution < 1.29 is 4.48 Å². The van der Waals surface area contributed by atoms with E-state index in [2.05, 4.69) is 63.5 Å². The molecule has 2 aromatic carbocycles. The van der Waals surface area contributed by atoms with Gasteiger partial charge in [0.25, 0.3) is 0 Å². The fourth-order valence-corrected chi connectivity index (χ4v) is 6.37. The average molecular weight is 513 g/mol. The second-order valence-electron chi connectivity index (χ2n) is 10.9. The Kier molecular flexibility index (Phi) is 12.3. The Morgan fingerprint density at radius 1 is 0.714 bits per heavy atom. The lowest BCUT2D eigenvalue weighted by Gasteiger charge is -2.30. The van der Waals surface area contributed by atoms with Gasteiger partial charge in [0.15, 0.2) is 0 Å². The number of halogens is 1. The summed E-state index contributed by atoms with van der Waals surface area (Å²) in [7, 11) is 4.79. The Hall–Kier alpha value is -1.22. The van der Waals surface area contributed by atoms with Gasteiger partial charge in [-0.1, -0.05) is 119 Å². The Morgan fingerprint density at radius 2 is 1.31 bits per heavy atom. The van der Waals surface area contributed by atoms with Crippen LogP contribution in [0.1, 0.15) is 102 Å². The van der Waals surface area contributed by atoms with Gasteiger partial charge in [-0.3, -0.25) is 0 Å². The Bertz CT molecular complexity index is 933. The van der Waals surface area contributed by atoms with Crippen molar-refractivity contribution in [2.45, 2.75) is 100 Å². The number of benzene rings is 2. The molecule has 1 heterocycles. The monoisotopic (exact) mass is 512 g/mol. The summed E-state index contributed by atoms with van der Waals surface area (Å²) >= 11 is 8.23. The summed E-state index contributed by atoms with van der Waals surface area (Å²) < 4.78 is 1.10. The third-order valence-corrected chi connectivity index (χ3v) is 8.72. The van der Waals surface area contributed by atoms with E-state index in [1.54, 1.807) is 0 Å². The minimum Gasteiger partial charge on any atom is -0.328 e. The van der Waals surface area contributed by atoms with Crippen molar-refractivity contribution in [1.29, 1.82) is 0 Å². The van der Waals surface area contributed by atoms with Crippen molar-refractivity contribution in [2.24, 2.45) is 0 Å². The fraction of sp³-hybridized carbons (Fsp3) is 0.562. The molecule has 35 heavy (non-hydrogen) atoms. The molecule has 0 radical (unpaired) electrons. The van der Waals surface area contributed by atoms with Crippen LogP contribution in [0.4, 0.5) is 0 Å². The minimum atomic E-state index is 0.817. The maximum Gasteiger partial charge on any atom is 0.0817 e. The highest BCUT2D eigenvalue weighted by Crippen LogP contribution is 2.46. The Labute approximate surface area is 224 Å². The predicted octanol–water partition coefficient (Wildman–Crippen LogP) is 10.4. The molecule has 3 rings (SSSR count). The van der Waals surface area contributed by atoms with E-state index in [4.69, 9.17) is 11.6 Å². The Morgan fingerprint density at radius 3 is 2.00 bits per heavy atom. The van der Waals surface area contributed by atoms with Gasteiger partial charge in [0, 0.05) is 21.2 Å². The molecular formula is C32H47ClNS+. The molecule has 3 heteroatoms. The summed E-state index contributed by atoms with van der Waals surface area (Å²) in [5, 5.41) is 0.817. The zero-order chi connectivity index (χ0) is 24.9. The van der Waals surface area contributed by atoms with Gasteiger partial charge < -0.3 is 4.48 Å². The van der Waals surface area contributed by atoms with Crippen LogP contribution in [0.3, 0.4) is 0 Å². The third kappa shape index (κ3) is 9.63. The number of hydrogen-bond donors (Lipinski definition) is 0. The van der Waals surface area contributed by atoms with Crippen molar-refractivity contribution in [3.8, 4) is 0 Å². The number of unbranched alkanes of at least 4 members (excludes halogenated alkanes) is 11. The first-order chi connectivity index (χ1) is 17.0. The largest absolute Gasteiger partial charge is 0.328 e. The molecule has 2 aromatic rings. The van der Waals surface area contributed by atoms with Gasteiger partial charge in [-0.15, -0.1) is 0 Å². The maximum absolute atomic E-state index is 6.38. The molecule has 0 aliphatic carbocycles. The molecule has 0 atom stereocenters. The molecular weight excluding hydrogens is 466 g/mol. The van der Waals surface area contributed by atoms with Gasteiger partial charge in [-0.2, -0.15) is 0 Å². The lowest BCUT2D eigenvalue weighted by atomic mass is 9.96. The van der Waals surface area contributed by atoms with Crippen LogP contribution in [0.15, 0.2) is 58.3 Å². The van der Waals surface area contributed by atoms with Crippen LogP contribution in [0.2, 0.25) is 5.02 Å². The van der Waals surface area contributed by atoms with Gasteiger partial charge in [0.1, 0.15) is 0 Å². The van der Waals surface area contributed by atoms with E-state index in [1.165, 1.54) is 117 Å². The second kappa shape index (κ2) is 15.1. The average Bonchev–Trinajstić information content (AvgIpc) is 2.84. The number of rotatable bonds is 16. The Balaban J connectivity index is 1.38. The number of fused-ring (bicyclic) bond motifs is 2. The van der Waals surface area contributed by atoms with E-state index in [0.717, 1.165) is 15.9 Å². The molecule has 0 fully saturated rings. The lowest BCUT2D eigenvalue weighted by molar-refractivity contribution is -0.890. The van der Waals surface area contributed by atoms with Gasteiger partial charge in [-0.05, 0) is 53.8 Å². The fourth-order valence-electron chi connectivity index (χ4n) is 5.11. The zero-order valence-electron chi connectivity index (χ0n) is 22.5. The molecule has 0 amide bonds. The van der Waals surface area contributed by atoms with E-state index in [0.29, 0.717) is 0 Å². The SMILES string of the molecule is CCCCCCCCCCCCCC[N+](C)(C)CC/C=C1/c2ccccc2Sc2ccc(Cl)cc21. The van der Waals surface area contributed by atoms with Crippen LogP contribution in [0.5, 0.6) is 0 Å². The molecule has 0 unspecified atom stereocenters. The summed E-state index contributed by atoms with van der Waals surface area (Å²) in [6.45, 7) is 4.74. The molecule has 0 aromatic heterocycles. The standard InChI is InChI=1S/C32H47ClNS/c1-4-5-6-7-8-9-10-11-12-13-14-17-24-34(2,3)25-18-20-28-29-19-15-16-21-31(29)35-32-23-22-27(33)26-30(28)32/h15-16,19-23,26H,4-14,17-18,24-25H2,1-3H3/q+1/b28-20-. The van der Waals surface area contributed by atoms with E-state index in [1.807, 2.05) is 17.8 Å². The lowest BCUT2D eigenvalue weighted by Crippen LogP contribution is -2.41. The molecule has 0 bridgehead atoms. The van der Waals surface area contributed by atoms with E-state index >= 15 is 0 Å². The summed E-state index contributed by atoms with van der Waals surface area (Å²) in [6.07, 6.45) is 20.5. The molecule has 1 nitrogen and oxygen atoms in total. The van der Waals surface area contributed by atoms with E-state index < -0.39 is 0 Å². The quantitative estimate of drug-likeness (QED) is 0.136. The van der Waals surface area contributed by atoms with Gasteiger partial charge in [0.2, 0.25) is 0 Å². The van der Waals surface area contributed by atoms with Crippen LogP contribution < -0.4 is 0 Å². The molecule has 192 valence electrons. The van der Waals surface area contributed by atoms with Crippen LogP contribution in [-0.2, 0) is 0 Å². The molecule has 1 aliphatic rings. The van der Waals surface area contributed by atoms with Crippen LogP contribution >= 0.6 is 23.4 Å². The first-order valence-corrected chi connectivity index (χ1v) is 15.3. The third-order valence-electron chi connectivity index (χ3n) is 7.33. The topological polar surface area (TPSA) is 0 Å². The van der Waals surface area contributed by atoms with Gasteiger partial charge in [-0.25, -0.2) is 0 Å². The van der Waals surface area contributed by atoms with E-state index in [-0.39, 0.29) is 0 Å². The van der Waals surface area contributed by atoms with Crippen molar-refractivity contribution >= 4 is 28.9 Å². The van der Waals surface area contributed by atoms with Crippen LogP contribution in [0, 0.1) is 0 Å². The molecule has 0 saturated heterocycles. The molecule has 0 saturated carbocycles. The van der Waals surface area contributed by atoms with E-state index in [9.17, 15) is 0 Å². The van der Waals surface area contributed by atoms with Crippen LogP contribution in [0.25, 0.3) is 5.57 Å². The highest BCUT2D eigenvalue weighted by molar-refractivity contribution is 7.99. The first-order valence-electron chi connectivity index (χ1n) is 14.1. The number of nitrogens with zero attached hydrogens (tertiary/aromatic N) is 1.